The molecule has 0 aliphatic carbocycles. The summed E-state index contributed by atoms with van der Waals surface area (Å²) < 4.78 is 36.8. The second-order valence-electron chi connectivity index (χ2n) is 6.94. The number of ketones is 1. The molecule has 0 amide bonds. The number of pyridine rings is 1. The molecule has 2 aromatic rings. The van der Waals surface area contributed by atoms with Crippen molar-refractivity contribution in [2.45, 2.75) is 26.4 Å². The summed E-state index contributed by atoms with van der Waals surface area (Å²) in [6.45, 7) is 7.91. The number of halogens is 3. The standard InChI is InChI=1S/C25H25F3N2O/c1-17-15-20(16-30-19(17)3)18(2)21(11-7-5-6-10-14-25(26,27)28)24(31)22-12-8-9-13-23(22)29-4/h5-13,15-16,29H,2,14H2,1,3-4H3/b7-5+,10-6-,21-11-. The average molecular weight is 426 g/mol. The van der Waals surface area contributed by atoms with Crippen LogP contribution in [0.2, 0.25) is 0 Å². The van der Waals surface area contributed by atoms with Crippen LogP contribution < -0.4 is 5.32 Å². The maximum absolute atomic E-state index is 13.4. The first kappa shape index (κ1) is 23.9. The van der Waals surface area contributed by atoms with Crippen molar-refractivity contribution >= 4 is 17.0 Å². The molecule has 0 saturated carbocycles. The van der Waals surface area contributed by atoms with Crippen molar-refractivity contribution in [1.82, 2.24) is 4.98 Å². The molecule has 1 aromatic heterocycles. The van der Waals surface area contributed by atoms with Gasteiger partial charge in [-0.25, -0.2) is 0 Å². The Morgan fingerprint density at radius 2 is 1.87 bits per heavy atom. The molecule has 0 saturated heterocycles. The van der Waals surface area contributed by atoms with Gasteiger partial charge in [0.15, 0.2) is 5.78 Å². The molecule has 3 nitrogen and oxygen atoms in total. The lowest BCUT2D eigenvalue weighted by atomic mass is 9.91. The van der Waals surface area contributed by atoms with Crippen LogP contribution in [0.4, 0.5) is 18.9 Å². The van der Waals surface area contributed by atoms with Crippen molar-refractivity contribution < 1.29 is 18.0 Å². The zero-order valence-corrected chi connectivity index (χ0v) is 17.8. The highest BCUT2D eigenvalue weighted by atomic mass is 19.4. The largest absolute Gasteiger partial charge is 0.392 e. The second kappa shape index (κ2) is 10.6. The van der Waals surface area contributed by atoms with Crippen molar-refractivity contribution in [3.05, 3.63) is 101 Å². The van der Waals surface area contributed by atoms with Gasteiger partial charge in [0.2, 0.25) is 0 Å². The van der Waals surface area contributed by atoms with Crippen LogP contribution in [0.25, 0.3) is 5.57 Å². The number of allylic oxidation sites excluding steroid dienone is 7. The molecule has 2 rings (SSSR count). The minimum absolute atomic E-state index is 0.253. The number of benzene rings is 1. The zero-order chi connectivity index (χ0) is 23.0. The number of anilines is 1. The normalized spacial score (nSPS) is 12.5. The van der Waals surface area contributed by atoms with E-state index in [0.717, 1.165) is 17.3 Å². The number of Topliss-reactive ketones (excluding diaryl/α,β-unsaturated/α-hetero) is 1. The highest BCUT2D eigenvalue weighted by Gasteiger charge is 2.24. The molecule has 1 heterocycles. The second-order valence-corrected chi connectivity index (χ2v) is 6.94. The Kier molecular flexibility index (Phi) is 8.14. The molecule has 0 fully saturated rings. The molecular formula is C25H25F3N2O. The number of hydrogen-bond acceptors (Lipinski definition) is 3. The average Bonchev–Trinajstić information content (AvgIpc) is 2.73. The number of carbonyl (C=O) groups is 1. The Bertz CT molecular complexity index is 1050. The Hall–Kier alpha value is -3.41. The molecule has 162 valence electrons. The lowest BCUT2D eigenvalue weighted by Gasteiger charge is -2.14. The highest BCUT2D eigenvalue weighted by molar-refractivity contribution is 6.20. The van der Waals surface area contributed by atoms with Crippen LogP contribution in [0.15, 0.2) is 79.1 Å². The molecule has 6 heteroatoms. The predicted octanol–water partition coefficient (Wildman–Crippen LogP) is 6.63. The van der Waals surface area contributed by atoms with Crippen molar-refractivity contribution in [1.29, 1.82) is 0 Å². The van der Waals surface area contributed by atoms with Crippen LogP contribution >= 0.6 is 0 Å². The Balaban J connectivity index is 2.42. The summed E-state index contributed by atoms with van der Waals surface area (Å²) in [6.07, 6.45) is 3.26. The number of nitrogens with one attached hydrogen (secondary N) is 1. The molecule has 0 aliphatic heterocycles. The number of para-hydroxylation sites is 1. The third-order valence-electron chi connectivity index (χ3n) is 4.67. The van der Waals surface area contributed by atoms with Gasteiger partial charge < -0.3 is 5.32 Å². The molecule has 31 heavy (non-hydrogen) atoms. The Morgan fingerprint density at radius 1 is 1.16 bits per heavy atom. The van der Waals surface area contributed by atoms with Crippen molar-refractivity contribution in [2.24, 2.45) is 0 Å². The number of carbonyl (C=O) groups excluding carboxylic acids is 1. The smallest absolute Gasteiger partial charge is 0.388 e. The van der Waals surface area contributed by atoms with E-state index < -0.39 is 12.6 Å². The van der Waals surface area contributed by atoms with Gasteiger partial charge in [0.1, 0.15) is 0 Å². The Morgan fingerprint density at radius 3 is 2.52 bits per heavy atom. The predicted molar refractivity (Wildman–Crippen MR) is 120 cm³/mol. The Labute approximate surface area is 180 Å². The number of alkyl halides is 3. The number of hydrogen-bond donors (Lipinski definition) is 1. The van der Waals surface area contributed by atoms with Gasteiger partial charge in [-0.15, -0.1) is 0 Å². The first-order chi connectivity index (χ1) is 14.6. The first-order valence-electron chi connectivity index (χ1n) is 9.68. The van der Waals surface area contributed by atoms with Crippen molar-refractivity contribution in [3.63, 3.8) is 0 Å². The first-order valence-corrected chi connectivity index (χ1v) is 9.68. The van der Waals surface area contributed by atoms with Gasteiger partial charge in [-0.3, -0.25) is 9.78 Å². The fraction of sp³-hybridized carbons (Fsp3) is 0.200. The molecule has 0 atom stereocenters. The summed E-state index contributed by atoms with van der Waals surface area (Å²) in [5.74, 6) is -0.253. The maximum Gasteiger partial charge on any atom is 0.392 e. The third-order valence-corrected chi connectivity index (χ3v) is 4.67. The van der Waals surface area contributed by atoms with Crippen molar-refractivity contribution in [3.8, 4) is 0 Å². The summed E-state index contributed by atoms with van der Waals surface area (Å²) >= 11 is 0. The molecule has 0 radical (unpaired) electrons. The molecule has 0 unspecified atom stereocenters. The van der Waals surface area contributed by atoms with Crippen LogP contribution in [-0.2, 0) is 0 Å². The van der Waals surface area contributed by atoms with Gasteiger partial charge in [-0.1, -0.05) is 49.1 Å². The van der Waals surface area contributed by atoms with E-state index in [1.54, 1.807) is 37.5 Å². The number of aromatic nitrogens is 1. The topological polar surface area (TPSA) is 42.0 Å². The van der Waals surface area contributed by atoms with E-state index in [9.17, 15) is 18.0 Å². The molecule has 1 N–H and O–H groups in total. The summed E-state index contributed by atoms with van der Waals surface area (Å²) in [5.41, 5.74) is 4.48. The van der Waals surface area contributed by atoms with Gasteiger partial charge >= 0.3 is 6.18 Å². The number of aryl methyl sites for hydroxylation is 2. The van der Waals surface area contributed by atoms with Gasteiger partial charge in [-0.05, 0) is 43.2 Å². The summed E-state index contributed by atoms with van der Waals surface area (Å²) in [6, 6.07) is 8.99. The minimum Gasteiger partial charge on any atom is -0.388 e. The fourth-order valence-electron chi connectivity index (χ4n) is 2.82. The molecule has 0 aliphatic rings. The van der Waals surface area contributed by atoms with E-state index in [1.165, 1.54) is 18.2 Å². The lowest BCUT2D eigenvalue weighted by Crippen LogP contribution is -2.08. The van der Waals surface area contributed by atoms with Gasteiger partial charge in [-0.2, -0.15) is 13.2 Å². The zero-order valence-electron chi connectivity index (χ0n) is 17.8. The molecule has 0 bridgehead atoms. The molecule has 1 aromatic carbocycles. The molecular weight excluding hydrogens is 401 g/mol. The minimum atomic E-state index is -4.25. The monoisotopic (exact) mass is 426 g/mol. The summed E-state index contributed by atoms with van der Waals surface area (Å²) in [5, 5.41) is 3.00. The summed E-state index contributed by atoms with van der Waals surface area (Å²) in [4.78, 5) is 17.7. The van der Waals surface area contributed by atoms with Gasteiger partial charge in [0.05, 0.1) is 6.42 Å². The van der Waals surface area contributed by atoms with Crippen LogP contribution in [0.5, 0.6) is 0 Å². The molecule has 0 spiro atoms. The van der Waals surface area contributed by atoms with E-state index >= 15 is 0 Å². The van der Waals surface area contributed by atoms with E-state index in [4.69, 9.17) is 0 Å². The number of nitrogens with zero attached hydrogens (tertiary/aromatic N) is 1. The quantitative estimate of drug-likeness (QED) is 0.293. The lowest BCUT2D eigenvalue weighted by molar-refractivity contribution is -0.125. The van der Waals surface area contributed by atoms with Gasteiger partial charge in [0.25, 0.3) is 0 Å². The summed E-state index contributed by atoms with van der Waals surface area (Å²) in [7, 11) is 1.73. The maximum atomic E-state index is 13.4. The van der Waals surface area contributed by atoms with E-state index in [2.05, 4.69) is 16.9 Å². The number of rotatable bonds is 8. The SMILES string of the molecule is C=C(/C(=C/C=C/C=C\CC(F)(F)F)C(=O)c1ccccc1NC)c1cnc(C)c(C)c1. The van der Waals surface area contributed by atoms with Crippen LogP contribution in [0.3, 0.4) is 0 Å². The van der Waals surface area contributed by atoms with E-state index in [0.29, 0.717) is 28.0 Å². The van der Waals surface area contributed by atoms with Crippen molar-refractivity contribution in [2.75, 3.05) is 12.4 Å². The van der Waals surface area contributed by atoms with Crippen LogP contribution in [-0.4, -0.2) is 24.0 Å². The van der Waals surface area contributed by atoms with Crippen LogP contribution in [0.1, 0.15) is 33.6 Å². The van der Waals surface area contributed by atoms with E-state index in [-0.39, 0.29) is 5.78 Å². The highest BCUT2D eigenvalue weighted by Crippen LogP contribution is 2.28. The van der Waals surface area contributed by atoms with E-state index in [1.807, 2.05) is 26.0 Å². The third kappa shape index (κ3) is 6.81. The fourth-order valence-corrected chi connectivity index (χ4v) is 2.82. The van der Waals surface area contributed by atoms with Gasteiger partial charge in [0, 0.05) is 41.3 Å². The van der Waals surface area contributed by atoms with Crippen LogP contribution in [0, 0.1) is 13.8 Å².